The van der Waals surface area contributed by atoms with E-state index in [1.54, 1.807) is 0 Å². The molecule has 3 heteroatoms. The van der Waals surface area contributed by atoms with Crippen molar-refractivity contribution in [1.82, 2.24) is 5.32 Å². The summed E-state index contributed by atoms with van der Waals surface area (Å²) in [6.45, 7) is 9.42. The summed E-state index contributed by atoms with van der Waals surface area (Å²) >= 11 is 0. The Morgan fingerprint density at radius 1 is 1.29 bits per heavy atom. The largest absolute Gasteiger partial charge is 0.469 e. The van der Waals surface area contributed by atoms with Gasteiger partial charge in [0.2, 0.25) is 0 Å². The van der Waals surface area contributed by atoms with Gasteiger partial charge in [-0.15, -0.1) is 0 Å². The molecule has 0 aliphatic carbocycles. The van der Waals surface area contributed by atoms with Gasteiger partial charge in [-0.25, -0.2) is 0 Å². The molecule has 1 N–H and O–H groups in total. The first-order chi connectivity index (χ1) is 8.06. The van der Waals surface area contributed by atoms with E-state index in [9.17, 15) is 4.79 Å². The molecule has 17 heavy (non-hydrogen) atoms. The summed E-state index contributed by atoms with van der Waals surface area (Å²) in [5.41, 5.74) is 0. The van der Waals surface area contributed by atoms with Crippen LogP contribution >= 0.6 is 0 Å². The molecule has 0 aromatic carbocycles. The van der Waals surface area contributed by atoms with E-state index in [2.05, 4.69) is 19.2 Å². The standard InChI is InChI=1S/C14H29NO2/c1-6-8-9-13(7-2)10-15-12(4)11(3)14(16)17-5/h11-13,15H,6-10H2,1-5H3. The van der Waals surface area contributed by atoms with Gasteiger partial charge in [-0.3, -0.25) is 4.79 Å². The van der Waals surface area contributed by atoms with Crippen LogP contribution in [0.5, 0.6) is 0 Å². The number of carbonyl (C=O) groups excluding carboxylic acids is 1. The van der Waals surface area contributed by atoms with Gasteiger partial charge in [0.05, 0.1) is 13.0 Å². The van der Waals surface area contributed by atoms with E-state index in [-0.39, 0.29) is 17.9 Å². The van der Waals surface area contributed by atoms with Crippen molar-refractivity contribution >= 4 is 5.97 Å². The summed E-state index contributed by atoms with van der Waals surface area (Å²) in [6, 6.07) is 0.179. The molecule has 0 bridgehead atoms. The lowest BCUT2D eigenvalue weighted by molar-refractivity contribution is -0.145. The Labute approximate surface area is 106 Å². The second-order valence-corrected chi connectivity index (χ2v) is 4.93. The van der Waals surface area contributed by atoms with E-state index in [4.69, 9.17) is 4.74 Å². The Balaban J connectivity index is 3.94. The van der Waals surface area contributed by atoms with Crippen molar-refractivity contribution in [3.05, 3.63) is 0 Å². The number of nitrogens with one attached hydrogen (secondary N) is 1. The Hall–Kier alpha value is -0.570. The zero-order valence-electron chi connectivity index (χ0n) is 12.1. The Bertz CT molecular complexity index is 206. The smallest absolute Gasteiger partial charge is 0.309 e. The number of carbonyl (C=O) groups is 1. The van der Waals surface area contributed by atoms with Gasteiger partial charge < -0.3 is 10.1 Å². The molecule has 0 aromatic heterocycles. The Morgan fingerprint density at radius 3 is 2.41 bits per heavy atom. The Morgan fingerprint density at radius 2 is 1.94 bits per heavy atom. The molecule has 0 spiro atoms. The third-order valence-electron chi connectivity index (χ3n) is 3.59. The number of ether oxygens (including phenoxy) is 1. The predicted octanol–water partition coefficient (Wildman–Crippen LogP) is 2.99. The number of esters is 1. The van der Waals surface area contributed by atoms with Crippen LogP contribution < -0.4 is 5.32 Å². The molecule has 0 fully saturated rings. The average molecular weight is 243 g/mol. The second kappa shape index (κ2) is 9.46. The maximum absolute atomic E-state index is 11.4. The van der Waals surface area contributed by atoms with Crippen LogP contribution in [0.3, 0.4) is 0 Å². The molecule has 3 nitrogen and oxygen atoms in total. The molecule has 0 heterocycles. The molecule has 0 aromatic rings. The van der Waals surface area contributed by atoms with E-state index in [0.29, 0.717) is 0 Å². The minimum absolute atomic E-state index is 0.0799. The van der Waals surface area contributed by atoms with Crippen LogP contribution in [-0.4, -0.2) is 25.7 Å². The molecular weight excluding hydrogens is 214 g/mol. The minimum Gasteiger partial charge on any atom is -0.469 e. The number of unbranched alkanes of at least 4 members (excludes halogenated alkanes) is 1. The highest BCUT2D eigenvalue weighted by Crippen LogP contribution is 2.12. The van der Waals surface area contributed by atoms with Gasteiger partial charge in [-0.05, 0) is 25.8 Å². The molecule has 0 aliphatic heterocycles. The van der Waals surface area contributed by atoms with E-state index < -0.39 is 0 Å². The maximum atomic E-state index is 11.4. The van der Waals surface area contributed by atoms with Gasteiger partial charge in [-0.1, -0.05) is 40.0 Å². The fraction of sp³-hybridized carbons (Fsp3) is 0.929. The van der Waals surface area contributed by atoms with Gasteiger partial charge in [-0.2, -0.15) is 0 Å². The van der Waals surface area contributed by atoms with Gasteiger partial charge in [0, 0.05) is 6.04 Å². The summed E-state index contributed by atoms with van der Waals surface area (Å²) in [5.74, 6) is 0.512. The summed E-state index contributed by atoms with van der Waals surface area (Å²) in [7, 11) is 1.45. The predicted molar refractivity (Wildman–Crippen MR) is 72.0 cm³/mol. The number of hydrogen-bond acceptors (Lipinski definition) is 3. The van der Waals surface area contributed by atoms with E-state index >= 15 is 0 Å². The minimum atomic E-state index is -0.133. The van der Waals surface area contributed by atoms with Crippen LogP contribution in [0.25, 0.3) is 0 Å². The summed E-state index contributed by atoms with van der Waals surface area (Å²) in [6.07, 6.45) is 5.03. The molecule has 0 radical (unpaired) electrons. The fourth-order valence-corrected chi connectivity index (χ4v) is 1.86. The average Bonchev–Trinajstić information content (AvgIpc) is 2.36. The van der Waals surface area contributed by atoms with Gasteiger partial charge >= 0.3 is 5.97 Å². The van der Waals surface area contributed by atoms with Crippen LogP contribution in [0.1, 0.15) is 53.4 Å². The highest BCUT2D eigenvalue weighted by Gasteiger charge is 2.20. The van der Waals surface area contributed by atoms with Crippen LogP contribution in [0.4, 0.5) is 0 Å². The number of methoxy groups -OCH3 is 1. The van der Waals surface area contributed by atoms with E-state index in [1.165, 1.54) is 32.8 Å². The maximum Gasteiger partial charge on any atom is 0.309 e. The summed E-state index contributed by atoms with van der Waals surface area (Å²) in [4.78, 5) is 11.4. The molecule has 0 saturated carbocycles. The highest BCUT2D eigenvalue weighted by molar-refractivity contribution is 5.72. The van der Waals surface area contributed by atoms with Crippen molar-refractivity contribution in [2.24, 2.45) is 11.8 Å². The van der Waals surface area contributed by atoms with E-state index in [1.807, 2.05) is 13.8 Å². The quantitative estimate of drug-likeness (QED) is 0.633. The van der Waals surface area contributed by atoms with Crippen molar-refractivity contribution in [3.8, 4) is 0 Å². The van der Waals surface area contributed by atoms with Crippen molar-refractivity contribution in [2.45, 2.75) is 59.4 Å². The second-order valence-electron chi connectivity index (χ2n) is 4.93. The van der Waals surface area contributed by atoms with Crippen molar-refractivity contribution in [2.75, 3.05) is 13.7 Å². The lowest BCUT2D eigenvalue weighted by Crippen LogP contribution is -2.39. The monoisotopic (exact) mass is 243 g/mol. The third kappa shape index (κ3) is 6.67. The SMILES string of the molecule is CCCCC(CC)CNC(C)C(C)C(=O)OC. The lowest BCUT2D eigenvalue weighted by atomic mass is 9.97. The summed E-state index contributed by atoms with van der Waals surface area (Å²) < 4.78 is 4.75. The topological polar surface area (TPSA) is 38.3 Å². The van der Waals surface area contributed by atoms with Crippen molar-refractivity contribution in [3.63, 3.8) is 0 Å². The number of hydrogen-bond donors (Lipinski definition) is 1. The molecule has 3 atom stereocenters. The lowest BCUT2D eigenvalue weighted by Gasteiger charge is -2.22. The molecule has 102 valence electrons. The van der Waals surface area contributed by atoms with E-state index in [0.717, 1.165) is 12.5 Å². The zero-order valence-corrected chi connectivity index (χ0v) is 12.1. The van der Waals surface area contributed by atoms with Gasteiger partial charge in [0.1, 0.15) is 0 Å². The molecular formula is C14H29NO2. The molecule has 0 aliphatic rings. The first kappa shape index (κ1) is 16.4. The summed E-state index contributed by atoms with van der Waals surface area (Å²) in [5, 5.41) is 3.46. The van der Waals surface area contributed by atoms with Crippen LogP contribution in [0, 0.1) is 11.8 Å². The zero-order chi connectivity index (χ0) is 13.3. The molecule has 0 amide bonds. The first-order valence-electron chi connectivity index (χ1n) is 6.87. The fourth-order valence-electron chi connectivity index (χ4n) is 1.86. The van der Waals surface area contributed by atoms with Crippen molar-refractivity contribution in [1.29, 1.82) is 0 Å². The highest BCUT2D eigenvalue weighted by atomic mass is 16.5. The molecule has 3 unspecified atom stereocenters. The Kier molecular flexibility index (Phi) is 9.14. The number of rotatable bonds is 9. The molecule has 0 saturated heterocycles. The van der Waals surface area contributed by atoms with Crippen LogP contribution in [0.2, 0.25) is 0 Å². The first-order valence-corrected chi connectivity index (χ1v) is 6.87. The van der Waals surface area contributed by atoms with Crippen LogP contribution in [-0.2, 0) is 9.53 Å². The third-order valence-corrected chi connectivity index (χ3v) is 3.59. The van der Waals surface area contributed by atoms with Crippen LogP contribution in [0.15, 0.2) is 0 Å². The van der Waals surface area contributed by atoms with Gasteiger partial charge in [0.25, 0.3) is 0 Å². The normalized spacial score (nSPS) is 16.3. The van der Waals surface area contributed by atoms with Crippen molar-refractivity contribution < 1.29 is 9.53 Å². The molecule has 0 rings (SSSR count). The van der Waals surface area contributed by atoms with Gasteiger partial charge in [0.15, 0.2) is 0 Å².